The van der Waals surface area contributed by atoms with E-state index in [1.54, 1.807) is 18.2 Å². The van der Waals surface area contributed by atoms with Crippen molar-refractivity contribution in [3.05, 3.63) is 65.0 Å². The molecule has 108 valence electrons. The van der Waals surface area contributed by atoms with Gasteiger partial charge in [-0.15, -0.1) is 0 Å². The third-order valence-electron chi connectivity index (χ3n) is 3.21. The van der Waals surface area contributed by atoms with E-state index in [-0.39, 0.29) is 12.2 Å². The first-order valence-corrected chi connectivity index (χ1v) is 6.74. The molecule has 0 radical (unpaired) electrons. The molecule has 2 aromatic carbocycles. The van der Waals surface area contributed by atoms with Gasteiger partial charge in [-0.05, 0) is 30.2 Å². The second kappa shape index (κ2) is 6.87. The van der Waals surface area contributed by atoms with Crippen LogP contribution in [0.4, 0.5) is 4.39 Å². The standard InChI is InChI=1S/C17H16FNO2/c1-2-16(20)14-5-3-4-6-17(14)21-11-12-7-8-15(18)13(9-12)10-19/h3-9,16,20H,2,11H2,1H3/t16-/m1/s1. The fourth-order valence-electron chi connectivity index (χ4n) is 2.02. The van der Waals surface area contributed by atoms with Crippen LogP contribution in [0.3, 0.4) is 0 Å². The number of hydrogen-bond acceptors (Lipinski definition) is 3. The molecular formula is C17H16FNO2. The van der Waals surface area contributed by atoms with E-state index >= 15 is 0 Å². The Morgan fingerprint density at radius 1 is 1.29 bits per heavy atom. The molecule has 0 amide bonds. The molecule has 0 saturated heterocycles. The summed E-state index contributed by atoms with van der Waals surface area (Å²) in [6.45, 7) is 2.10. The van der Waals surface area contributed by atoms with Crippen LogP contribution in [0.1, 0.15) is 36.1 Å². The van der Waals surface area contributed by atoms with Gasteiger partial charge in [0.2, 0.25) is 0 Å². The normalized spacial score (nSPS) is 11.7. The van der Waals surface area contributed by atoms with Crippen molar-refractivity contribution in [1.82, 2.24) is 0 Å². The van der Waals surface area contributed by atoms with Crippen molar-refractivity contribution in [3.8, 4) is 11.8 Å². The summed E-state index contributed by atoms with van der Waals surface area (Å²) in [5.41, 5.74) is 1.43. The van der Waals surface area contributed by atoms with Gasteiger partial charge in [0, 0.05) is 5.56 Å². The summed E-state index contributed by atoms with van der Waals surface area (Å²) < 4.78 is 18.9. The summed E-state index contributed by atoms with van der Waals surface area (Å²) in [5.74, 6) is 0.0535. The fraction of sp³-hybridized carbons (Fsp3) is 0.235. The van der Waals surface area contributed by atoms with E-state index in [0.29, 0.717) is 17.7 Å². The molecule has 0 heterocycles. The van der Waals surface area contributed by atoms with E-state index in [4.69, 9.17) is 10.00 Å². The first-order chi connectivity index (χ1) is 10.2. The number of benzene rings is 2. The molecule has 0 aliphatic carbocycles. The van der Waals surface area contributed by atoms with Crippen LogP contribution in [0.2, 0.25) is 0 Å². The van der Waals surface area contributed by atoms with E-state index in [1.165, 1.54) is 12.1 Å². The predicted molar refractivity (Wildman–Crippen MR) is 77.1 cm³/mol. The van der Waals surface area contributed by atoms with E-state index < -0.39 is 11.9 Å². The number of aliphatic hydroxyl groups excluding tert-OH is 1. The van der Waals surface area contributed by atoms with E-state index in [2.05, 4.69) is 0 Å². The zero-order chi connectivity index (χ0) is 15.2. The molecular weight excluding hydrogens is 269 g/mol. The summed E-state index contributed by atoms with van der Waals surface area (Å²) in [4.78, 5) is 0. The van der Waals surface area contributed by atoms with Crippen molar-refractivity contribution in [2.24, 2.45) is 0 Å². The quantitative estimate of drug-likeness (QED) is 0.911. The molecule has 2 aromatic rings. The smallest absolute Gasteiger partial charge is 0.140 e. The molecule has 0 bridgehead atoms. The summed E-state index contributed by atoms with van der Waals surface area (Å²) in [6, 6.07) is 13.4. The molecule has 2 rings (SSSR count). The molecule has 0 saturated carbocycles. The van der Waals surface area contributed by atoms with Crippen LogP contribution >= 0.6 is 0 Å². The van der Waals surface area contributed by atoms with Crippen LogP contribution in [-0.4, -0.2) is 5.11 Å². The number of ether oxygens (including phenoxy) is 1. The second-order valence-electron chi connectivity index (χ2n) is 4.68. The van der Waals surface area contributed by atoms with Gasteiger partial charge in [-0.1, -0.05) is 31.2 Å². The average molecular weight is 285 g/mol. The monoisotopic (exact) mass is 285 g/mol. The lowest BCUT2D eigenvalue weighted by molar-refractivity contribution is 0.166. The molecule has 3 nitrogen and oxygen atoms in total. The van der Waals surface area contributed by atoms with Crippen LogP contribution < -0.4 is 4.74 Å². The molecule has 1 N–H and O–H groups in total. The van der Waals surface area contributed by atoms with Crippen molar-refractivity contribution in [1.29, 1.82) is 5.26 Å². The van der Waals surface area contributed by atoms with Crippen molar-refractivity contribution in [3.63, 3.8) is 0 Å². The Bertz CT molecular complexity index is 664. The lowest BCUT2D eigenvalue weighted by Gasteiger charge is -2.15. The Morgan fingerprint density at radius 3 is 2.76 bits per heavy atom. The lowest BCUT2D eigenvalue weighted by atomic mass is 10.1. The summed E-state index contributed by atoms with van der Waals surface area (Å²) >= 11 is 0. The molecule has 0 spiro atoms. The van der Waals surface area contributed by atoms with Gasteiger partial charge < -0.3 is 9.84 Å². The minimum Gasteiger partial charge on any atom is -0.489 e. The van der Waals surface area contributed by atoms with Crippen LogP contribution in [0.15, 0.2) is 42.5 Å². The number of nitriles is 1. The lowest BCUT2D eigenvalue weighted by Crippen LogP contribution is -2.02. The minimum absolute atomic E-state index is 0.00187. The highest BCUT2D eigenvalue weighted by molar-refractivity contribution is 5.37. The highest BCUT2D eigenvalue weighted by Gasteiger charge is 2.11. The van der Waals surface area contributed by atoms with Gasteiger partial charge in [0.1, 0.15) is 24.2 Å². The van der Waals surface area contributed by atoms with Gasteiger partial charge in [0.15, 0.2) is 0 Å². The van der Waals surface area contributed by atoms with Gasteiger partial charge in [0.25, 0.3) is 0 Å². The van der Waals surface area contributed by atoms with Gasteiger partial charge in [0.05, 0.1) is 11.7 Å². The number of hydrogen-bond donors (Lipinski definition) is 1. The average Bonchev–Trinajstić information content (AvgIpc) is 2.53. The maximum Gasteiger partial charge on any atom is 0.140 e. The third kappa shape index (κ3) is 3.59. The summed E-state index contributed by atoms with van der Waals surface area (Å²) in [5, 5.41) is 18.8. The van der Waals surface area contributed by atoms with E-state index in [9.17, 15) is 9.50 Å². The summed E-state index contributed by atoms with van der Waals surface area (Å²) in [6.07, 6.45) is 0.0132. The molecule has 0 unspecified atom stereocenters. The maximum atomic E-state index is 13.3. The third-order valence-corrected chi connectivity index (χ3v) is 3.21. The number of aliphatic hydroxyl groups is 1. The Kier molecular flexibility index (Phi) is 4.91. The van der Waals surface area contributed by atoms with E-state index in [1.807, 2.05) is 25.1 Å². The maximum absolute atomic E-state index is 13.3. The molecule has 0 aliphatic rings. The topological polar surface area (TPSA) is 53.2 Å². The highest BCUT2D eigenvalue weighted by atomic mass is 19.1. The van der Waals surface area contributed by atoms with Gasteiger partial charge in [-0.2, -0.15) is 5.26 Å². The van der Waals surface area contributed by atoms with Gasteiger partial charge in [-0.3, -0.25) is 0 Å². The number of rotatable bonds is 5. The first-order valence-electron chi connectivity index (χ1n) is 6.74. The number of para-hydroxylation sites is 1. The largest absolute Gasteiger partial charge is 0.489 e. The molecule has 0 fully saturated rings. The molecule has 0 aromatic heterocycles. The molecule has 21 heavy (non-hydrogen) atoms. The van der Waals surface area contributed by atoms with Crippen molar-refractivity contribution in [2.75, 3.05) is 0 Å². The molecule has 1 atom stereocenters. The molecule has 0 aliphatic heterocycles. The predicted octanol–water partition coefficient (Wildman–Crippen LogP) is 3.72. The van der Waals surface area contributed by atoms with E-state index in [0.717, 1.165) is 5.56 Å². The minimum atomic E-state index is -0.580. The zero-order valence-electron chi connectivity index (χ0n) is 11.7. The molecule has 4 heteroatoms. The van der Waals surface area contributed by atoms with Gasteiger partial charge >= 0.3 is 0 Å². The van der Waals surface area contributed by atoms with Crippen molar-refractivity contribution < 1.29 is 14.2 Å². The zero-order valence-corrected chi connectivity index (χ0v) is 11.7. The number of halogens is 1. The van der Waals surface area contributed by atoms with Crippen LogP contribution in [0.5, 0.6) is 5.75 Å². The Balaban J connectivity index is 2.15. The van der Waals surface area contributed by atoms with Crippen molar-refractivity contribution in [2.45, 2.75) is 26.1 Å². The van der Waals surface area contributed by atoms with Crippen molar-refractivity contribution >= 4 is 0 Å². The van der Waals surface area contributed by atoms with Crippen LogP contribution in [-0.2, 0) is 6.61 Å². The fourth-order valence-corrected chi connectivity index (χ4v) is 2.02. The number of nitrogens with zero attached hydrogens (tertiary/aromatic N) is 1. The van der Waals surface area contributed by atoms with Crippen LogP contribution in [0, 0.1) is 17.1 Å². The second-order valence-corrected chi connectivity index (χ2v) is 4.68. The Labute approximate surface area is 123 Å². The highest BCUT2D eigenvalue weighted by Crippen LogP contribution is 2.27. The Morgan fingerprint density at radius 2 is 2.05 bits per heavy atom. The SMILES string of the molecule is CC[C@@H](O)c1ccccc1OCc1ccc(F)c(C#N)c1. The van der Waals surface area contributed by atoms with Gasteiger partial charge in [-0.25, -0.2) is 4.39 Å². The van der Waals surface area contributed by atoms with Crippen LogP contribution in [0.25, 0.3) is 0 Å². The Hall–Kier alpha value is -2.38. The first kappa shape index (κ1) is 15.0. The summed E-state index contributed by atoms with van der Waals surface area (Å²) in [7, 11) is 0.